The number of rotatable bonds is 71. The summed E-state index contributed by atoms with van der Waals surface area (Å²) in [5.41, 5.74) is 0. The Bertz CT molecular complexity index is 1770. The van der Waals surface area contributed by atoms with Crippen molar-refractivity contribution < 1.29 is 80.2 Å². The number of carbonyl (C=O) groups is 4. The monoisotopic (exact) mass is 1340 g/mol. The van der Waals surface area contributed by atoms with Gasteiger partial charge in [-0.05, 0) is 37.5 Å². The van der Waals surface area contributed by atoms with E-state index < -0.39 is 97.5 Å². The molecule has 3 unspecified atom stereocenters. The van der Waals surface area contributed by atoms with E-state index in [9.17, 15) is 43.2 Å². The molecule has 0 aromatic carbocycles. The summed E-state index contributed by atoms with van der Waals surface area (Å²) in [7, 11) is -9.90. The van der Waals surface area contributed by atoms with Crippen molar-refractivity contribution in [3.05, 3.63) is 0 Å². The number of ether oxygens (including phenoxy) is 4. The van der Waals surface area contributed by atoms with Crippen LogP contribution in [0.4, 0.5) is 0 Å². The summed E-state index contributed by atoms with van der Waals surface area (Å²) in [5.74, 6) is -0.638. The Balaban J connectivity index is 5.24. The summed E-state index contributed by atoms with van der Waals surface area (Å²) < 4.78 is 68.4. The van der Waals surface area contributed by atoms with E-state index in [4.69, 9.17) is 37.0 Å². The SMILES string of the molecule is CCCCCCCCCCCCCCCCCCCC(=O)O[C@H](COC(=O)CCCCCCCCCCC(C)CC)COP(=O)(O)OC[C@@H](O)COP(=O)(O)OC[C@@H](COC(=O)CCCCCCCCCC(C)C)OC(=O)CCCCCCCCCCCCCC. The minimum Gasteiger partial charge on any atom is -0.462 e. The van der Waals surface area contributed by atoms with Crippen LogP contribution in [0.3, 0.4) is 0 Å². The molecule has 0 rings (SSSR count). The van der Waals surface area contributed by atoms with E-state index in [0.29, 0.717) is 31.6 Å². The standard InChI is InChI=1S/C72H140O17P2/c1-7-10-12-14-16-18-20-22-23-24-25-26-28-30-38-45-51-57-72(77)88-67(60-82-69(74)54-48-42-36-32-31-35-41-47-53-65(6)9-3)62-86-90(78,79)84-58-66(73)59-85-91(80,81)87-63-68(61-83-70(75)55-49-43-39-33-34-40-46-52-64(4)5)89-71(76)56-50-44-37-29-27-21-19-17-15-13-11-8-2/h64-68,73H,7-63H2,1-6H3,(H,78,79)(H,80,81)/t65?,66-,67-,68-/m1/s1. The molecule has 19 heteroatoms. The van der Waals surface area contributed by atoms with Crippen molar-refractivity contribution in [3.8, 4) is 0 Å². The van der Waals surface area contributed by atoms with Crippen molar-refractivity contribution in [2.75, 3.05) is 39.6 Å². The van der Waals surface area contributed by atoms with E-state index in [1.165, 1.54) is 180 Å². The number of hydrogen-bond donors (Lipinski definition) is 3. The first-order valence-electron chi connectivity index (χ1n) is 37.5. The van der Waals surface area contributed by atoms with Crippen LogP contribution in [0.5, 0.6) is 0 Å². The minimum atomic E-state index is -4.95. The van der Waals surface area contributed by atoms with Gasteiger partial charge in [-0.25, -0.2) is 9.13 Å². The Morgan fingerprint density at radius 2 is 0.560 bits per heavy atom. The number of hydrogen-bond acceptors (Lipinski definition) is 15. The second kappa shape index (κ2) is 64.1. The third-order valence-corrected chi connectivity index (χ3v) is 19.0. The van der Waals surface area contributed by atoms with Gasteiger partial charge in [-0.2, -0.15) is 0 Å². The average Bonchev–Trinajstić information content (AvgIpc) is 3.14. The number of esters is 4. The van der Waals surface area contributed by atoms with Gasteiger partial charge in [-0.15, -0.1) is 0 Å². The number of carbonyl (C=O) groups excluding carboxylic acids is 4. The van der Waals surface area contributed by atoms with Gasteiger partial charge in [0, 0.05) is 25.7 Å². The Labute approximate surface area is 556 Å². The van der Waals surface area contributed by atoms with E-state index in [2.05, 4.69) is 41.5 Å². The first-order valence-corrected chi connectivity index (χ1v) is 40.5. The summed E-state index contributed by atoms with van der Waals surface area (Å²) in [4.78, 5) is 72.6. The lowest BCUT2D eigenvalue weighted by atomic mass is 9.99. The van der Waals surface area contributed by atoms with Gasteiger partial charge in [0.25, 0.3) is 0 Å². The third kappa shape index (κ3) is 65.1. The van der Waals surface area contributed by atoms with E-state index in [1.54, 1.807) is 0 Å². The molecule has 0 spiro atoms. The Kier molecular flexibility index (Phi) is 62.7. The summed E-state index contributed by atoms with van der Waals surface area (Å²) in [5, 5.41) is 10.6. The molecule has 3 N–H and O–H groups in total. The molecule has 6 atom stereocenters. The molecule has 91 heavy (non-hydrogen) atoms. The van der Waals surface area contributed by atoms with Crippen LogP contribution in [0.2, 0.25) is 0 Å². The fourth-order valence-corrected chi connectivity index (χ4v) is 12.5. The highest BCUT2D eigenvalue weighted by Crippen LogP contribution is 2.45. The van der Waals surface area contributed by atoms with Gasteiger partial charge < -0.3 is 33.8 Å². The Hall–Kier alpha value is -1.94. The average molecular weight is 1340 g/mol. The molecule has 0 amide bonds. The van der Waals surface area contributed by atoms with Crippen LogP contribution < -0.4 is 0 Å². The molecule has 0 bridgehead atoms. The first-order chi connectivity index (χ1) is 43.9. The van der Waals surface area contributed by atoms with Gasteiger partial charge in [0.2, 0.25) is 0 Å². The van der Waals surface area contributed by atoms with Crippen molar-refractivity contribution in [1.82, 2.24) is 0 Å². The van der Waals surface area contributed by atoms with Crippen molar-refractivity contribution >= 4 is 39.5 Å². The maximum atomic E-state index is 13.0. The van der Waals surface area contributed by atoms with E-state index >= 15 is 0 Å². The molecule has 0 saturated heterocycles. The van der Waals surface area contributed by atoms with Crippen LogP contribution in [-0.4, -0.2) is 96.7 Å². The zero-order valence-electron chi connectivity index (χ0n) is 59.1. The number of phosphoric acid groups is 2. The summed E-state index contributed by atoms with van der Waals surface area (Å²) in [6, 6.07) is 0. The van der Waals surface area contributed by atoms with Gasteiger partial charge in [0.05, 0.1) is 26.4 Å². The lowest BCUT2D eigenvalue weighted by molar-refractivity contribution is -0.161. The highest BCUT2D eigenvalue weighted by molar-refractivity contribution is 7.47. The lowest BCUT2D eigenvalue weighted by Crippen LogP contribution is -2.30. The van der Waals surface area contributed by atoms with Gasteiger partial charge in [-0.3, -0.25) is 37.3 Å². The topological polar surface area (TPSA) is 237 Å². The van der Waals surface area contributed by atoms with E-state index in [-0.39, 0.29) is 25.7 Å². The number of aliphatic hydroxyl groups is 1. The smallest absolute Gasteiger partial charge is 0.462 e. The second-order valence-electron chi connectivity index (χ2n) is 26.7. The zero-order valence-corrected chi connectivity index (χ0v) is 60.9. The molecule has 0 aliphatic rings. The van der Waals surface area contributed by atoms with E-state index in [0.717, 1.165) is 102 Å². The molecule has 0 aromatic heterocycles. The third-order valence-electron chi connectivity index (χ3n) is 17.1. The van der Waals surface area contributed by atoms with Crippen molar-refractivity contribution in [3.63, 3.8) is 0 Å². The van der Waals surface area contributed by atoms with Gasteiger partial charge >= 0.3 is 39.5 Å². The van der Waals surface area contributed by atoms with E-state index in [1.807, 2.05) is 0 Å². The zero-order chi connectivity index (χ0) is 67.2. The quantitative estimate of drug-likeness (QED) is 0.0222. The fraction of sp³-hybridized carbons (Fsp3) is 0.944. The lowest BCUT2D eigenvalue weighted by Gasteiger charge is -2.21. The molecule has 17 nitrogen and oxygen atoms in total. The van der Waals surface area contributed by atoms with Crippen molar-refractivity contribution in [2.45, 2.75) is 387 Å². The Morgan fingerprint density at radius 3 is 0.835 bits per heavy atom. The van der Waals surface area contributed by atoms with Crippen LogP contribution >= 0.6 is 15.6 Å². The molecule has 0 aromatic rings. The normalized spacial score (nSPS) is 14.4. The molecule has 0 fully saturated rings. The second-order valence-corrected chi connectivity index (χ2v) is 29.6. The van der Waals surface area contributed by atoms with Gasteiger partial charge in [-0.1, -0.05) is 318 Å². The number of unbranched alkanes of at least 4 members (excludes halogenated alkanes) is 40. The van der Waals surface area contributed by atoms with Crippen molar-refractivity contribution in [2.24, 2.45) is 11.8 Å². The molecular formula is C72H140O17P2. The predicted molar refractivity (Wildman–Crippen MR) is 368 cm³/mol. The molecular weight excluding hydrogens is 1200 g/mol. The van der Waals surface area contributed by atoms with Gasteiger partial charge in [0.15, 0.2) is 12.2 Å². The van der Waals surface area contributed by atoms with Gasteiger partial charge in [0.1, 0.15) is 19.3 Å². The van der Waals surface area contributed by atoms with Crippen LogP contribution in [0.1, 0.15) is 369 Å². The van der Waals surface area contributed by atoms with Crippen LogP contribution in [0, 0.1) is 11.8 Å². The minimum absolute atomic E-state index is 0.106. The highest BCUT2D eigenvalue weighted by Gasteiger charge is 2.30. The fourth-order valence-electron chi connectivity index (χ4n) is 10.9. The van der Waals surface area contributed by atoms with Crippen LogP contribution in [0.25, 0.3) is 0 Å². The highest BCUT2D eigenvalue weighted by atomic mass is 31.2. The largest absolute Gasteiger partial charge is 0.472 e. The predicted octanol–water partition coefficient (Wildman–Crippen LogP) is 20.8. The van der Waals surface area contributed by atoms with Crippen LogP contribution in [-0.2, 0) is 65.4 Å². The molecule has 540 valence electrons. The number of phosphoric ester groups is 2. The molecule has 0 aliphatic heterocycles. The van der Waals surface area contributed by atoms with Crippen LogP contribution in [0.15, 0.2) is 0 Å². The van der Waals surface area contributed by atoms with Crippen molar-refractivity contribution in [1.29, 1.82) is 0 Å². The molecule has 0 heterocycles. The molecule has 0 saturated carbocycles. The Morgan fingerprint density at radius 1 is 0.319 bits per heavy atom. The summed E-state index contributed by atoms with van der Waals surface area (Å²) in [6.07, 6.45) is 49.9. The number of aliphatic hydroxyl groups excluding tert-OH is 1. The maximum absolute atomic E-state index is 13.0. The molecule has 0 aliphatic carbocycles. The molecule has 0 radical (unpaired) electrons. The summed E-state index contributed by atoms with van der Waals surface area (Å²) >= 11 is 0. The maximum Gasteiger partial charge on any atom is 0.472 e. The first kappa shape index (κ1) is 89.1. The summed E-state index contributed by atoms with van der Waals surface area (Å²) in [6.45, 7) is 9.51.